The highest BCUT2D eigenvalue weighted by Crippen LogP contribution is 2.30. The highest BCUT2D eigenvalue weighted by atomic mass is 35.5. The van der Waals surface area contributed by atoms with Crippen molar-refractivity contribution in [1.82, 2.24) is 4.98 Å². The molecule has 3 aromatic rings. The van der Waals surface area contributed by atoms with Gasteiger partial charge in [-0.1, -0.05) is 29.8 Å². The minimum absolute atomic E-state index is 0.564. The van der Waals surface area contributed by atoms with Gasteiger partial charge in [0.05, 0.1) is 21.3 Å². The lowest BCUT2D eigenvalue weighted by Gasteiger charge is -2.37. The highest BCUT2D eigenvalue weighted by Gasteiger charge is 2.20. The van der Waals surface area contributed by atoms with E-state index in [0.717, 1.165) is 53.1 Å². The van der Waals surface area contributed by atoms with Gasteiger partial charge < -0.3 is 15.5 Å². The monoisotopic (exact) mass is 370 g/mol. The molecule has 4 rings (SSSR count). The van der Waals surface area contributed by atoms with Crippen molar-refractivity contribution in [2.75, 3.05) is 41.7 Å². The summed E-state index contributed by atoms with van der Waals surface area (Å²) >= 11 is 8.01. The summed E-state index contributed by atoms with van der Waals surface area (Å²) in [7, 11) is 0. The average Bonchev–Trinajstić information content (AvgIpc) is 3.17. The Morgan fingerprint density at radius 1 is 0.960 bits per heavy atom. The molecule has 1 aromatic carbocycles. The van der Waals surface area contributed by atoms with Crippen LogP contribution in [-0.4, -0.2) is 31.2 Å². The fourth-order valence-corrected chi connectivity index (χ4v) is 4.13. The number of nitrogens with two attached hydrogens (primary N) is 1. The van der Waals surface area contributed by atoms with Crippen LogP contribution in [0, 0.1) is 0 Å². The van der Waals surface area contributed by atoms with E-state index in [0.29, 0.717) is 5.82 Å². The van der Waals surface area contributed by atoms with Gasteiger partial charge in [-0.15, -0.1) is 11.3 Å². The molecule has 1 saturated heterocycles. The maximum Gasteiger partial charge on any atom is 0.126 e. The van der Waals surface area contributed by atoms with Gasteiger partial charge in [0, 0.05) is 37.9 Å². The van der Waals surface area contributed by atoms with Crippen LogP contribution in [0.15, 0.2) is 53.9 Å². The molecule has 128 valence electrons. The largest absolute Gasteiger partial charge is 0.384 e. The Morgan fingerprint density at radius 3 is 2.44 bits per heavy atom. The molecule has 1 aliphatic rings. The Hall–Kier alpha value is -2.24. The maximum absolute atomic E-state index is 6.33. The summed E-state index contributed by atoms with van der Waals surface area (Å²) in [4.78, 5) is 10.3. The topological polar surface area (TPSA) is 45.4 Å². The van der Waals surface area contributed by atoms with Crippen molar-refractivity contribution in [1.29, 1.82) is 0 Å². The number of para-hydroxylation sites is 1. The van der Waals surface area contributed by atoms with Crippen LogP contribution in [0.2, 0.25) is 5.02 Å². The van der Waals surface area contributed by atoms with Crippen LogP contribution in [0.4, 0.5) is 17.2 Å². The number of thiophene rings is 1. The van der Waals surface area contributed by atoms with Crippen molar-refractivity contribution >= 4 is 40.1 Å². The van der Waals surface area contributed by atoms with Gasteiger partial charge in [0.2, 0.25) is 0 Å². The van der Waals surface area contributed by atoms with Gasteiger partial charge in [-0.2, -0.15) is 0 Å². The molecule has 0 unspecified atom stereocenters. The van der Waals surface area contributed by atoms with Crippen LogP contribution in [0.5, 0.6) is 0 Å². The minimum Gasteiger partial charge on any atom is -0.384 e. The first-order chi connectivity index (χ1) is 12.2. The van der Waals surface area contributed by atoms with Crippen LogP contribution in [0.1, 0.15) is 0 Å². The molecule has 4 nitrogen and oxygen atoms in total. The predicted octanol–water partition coefficient (Wildman–Crippen LogP) is 4.37. The molecule has 0 saturated carbocycles. The van der Waals surface area contributed by atoms with Crippen molar-refractivity contribution in [2.45, 2.75) is 0 Å². The Labute approximate surface area is 156 Å². The van der Waals surface area contributed by atoms with Crippen LogP contribution in [0.3, 0.4) is 0 Å². The number of hydrogen-bond acceptors (Lipinski definition) is 5. The van der Waals surface area contributed by atoms with Crippen molar-refractivity contribution in [2.24, 2.45) is 0 Å². The number of hydrogen-bond donors (Lipinski definition) is 1. The third kappa shape index (κ3) is 3.43. The number of pyridine rings is 1. The van der Waals surface area contributed by atoms with Crippen LogP contribution in [-0.2, 0) is 0 Å². The van der Waals surface area contributed by atoms with E-state index in [9.17, 15) is 0 Å². The van der Waals surface area contributed by atoms with E-state index in [1.807, 2.05) is 30.3 Å². The summed E-state index contributed by atoms with van der Waals surface area (Å²) < 4.78 is 0. The van der Waals surface area contributed by atoms with Crippen molar-refractivity contribution in [3.05, 3.63) is 58.9 Å². The molecular formula is C19H19ClN4S. The second-order valence-corrected chi connectivity index (χ2v) is 7.39. The van der Waals surface area contributed by atoms with E-state index in [2.05, 4.69) is 38.4 Å². The second-order valence-electron chi connectivity index (χ2n) is 6.04. The molecule has 0 atom stereocenters. The van der Waals surface area contributed by atoms with Gasteiger partial charge in [0.25, 0.3) is 0 Å². The molecule has 25 heavy (non-hydrogen) atoms. The molecule has 0 aliphatic carbocycles. The third-order valence-electron chi connectivity index (χ3n) is 4.44. The summed E-state index contributed by atoms with van der Waals surface area (Å²) in [6.45, 7) is 3.72. The number of rotatable bonds is 3. The van der Waals surface area contributed by atoms with Gasteiger partial charge in [0.1, 0.15) is 5.82 Å². The molecule has 0 bridgehead atoms. The fraction of sp³-hybridized carbons (Fsp3) is 0.211. The van der Waals surface area contributed by atoms with Gasteiger partial charge in [0.15, 0.2) is 0 Å². The molecule has 3 heterocycles. The Bertz CT molecular complexity index is 858. The molecular weight excluding hydrogens is 352 g/mol. The first-order valence-corrected chi connectivity index (χ1v) is 9.52. The number of benzene rings is 1. The summed E-state index contributed by atoms with van der Waals surface area (Å²) in [5.74, 6) is 0.564. The van der Waals surface area contributed by atoms with Gasteiger partial charge in [-0.3, -0.25) is 0 Å². The number of piperazine rings is 1. The quantitative estimate of drug-likeness (QED) is 0.743. The lowest BCUT2D eigenvalue weighted by Crippen LogP contribution is -2.46. The predicted molar refractivity (Wildman–Crippen MR) is 108 cm³/mol. The lowest BCUT2D eigenvalue weighted by atomic mass is 10.2. The zero-order chi connectivity index (χ0) is 17.2. The minimum atomic E-state index is 0.564. The van der Waals surface area contributed by atoms with Crippen LogP contribution >= 0.6 is 22.9 Å². The normalized spacial score (nSPS) is 14.8. The van der Waals surface area contributed by atoms with Crippen molar-refractivity contribution in [3.63, 3.8) is 0 Å². The number of nitrogens with zero attached hydrogens (tertiary/aromatic N) is 3. The summed E-state index contributed by atoms with van der Waals surface area (Å²) in [5, 5.41) is 2.87. The van der Waals surface area contributed by atoms with E-state index in [1.54, 1.807) is 11.3 Å². The van der Waals surface area contributed by atoms with E-state index in [1.165, 1.54) is 0 Å². The first-order valence-electron chi connectivity index (χ1n) is 8.26. The molecule has 2 aromatic heterocycles. The summed E-state index contributed by atoms with van der Waals surface area (Å²) in [5.41, 5.74) is 9.24. The standard InChI is InChI=1S/C19H19ClN4S/c20-15-4-1-2-5-17(15)24-9-7-23(8-10-24)14-12-16(22-19(21)13-14)18-6-3-11-25-18/h1-6,11-13H,7-10H2,(H2,21,22). The second kappa shape index (κ2) is 6.94. The number of halogens is 1. The summed E-state index contributed by atoms with van der Waals surface area (Å²) in [6.07, 6.45) is 0. The zero-order valence-electron chi connectivity index (χ0n) is 13.7. The van der Waals surface area contributed by atoms with E-state index < -0.39 is 0 Å². The molecule has 0 spiro atoms. The maximum atomic E-state index is 6.33. The molecule has 0 radical (unpaired) electrons. The number of aromatic nitrogens is 1. The number of nitrogen functional groups attached to an aromatic ring is 1. The average molecular weight is 371 g/mol. The fourth-order valence-electron chi connectivity index (χ4n) is 3.18. The van der Waals surface area contributed by atoms with Crippen LogP contribution in [0.25, 0.3) is 10.6 Å². The van der Waals surface area contributed by atoms with Gasteiger partial charge in [-0.25, -0.2) is 4.98 Å². The van der Waals surface area contributed by atoms with E-state index >= 15 is 0 Å². The van der Waals surface area contributed by atoms with Crippen molar-refractivity contribution < 1.29 is 0 Å². The molecule has 6 heteroatoms. The van der Waals surface area contributed by atoms with E-state index in [-0.39, 0.29) is 0 Å². The zero-order valence-corrected chi connectivity index (χ0v) is 15.3. The Kier molecular flexibility index (Phi) is 4.51. The van der Waals surface area contributed by atoms with Gasteiger partial charge >= 0.3 is 0 Å². The molecule has 1 aliphatic heterocycles. The molecule has 0 amide bonds. The Balaban J connectivity index is 1.52. The van der Waals surface area contributed by atoms with Crippen molar-refractivity contribution in [3.8, 4) is 10.6 Å². The number of anilines is 3. The molecule has 1 fully saturated rings. The smallest absolute Gasteiger partial charge is 0.126 e. The first kappa shape index (κ1) is 16.2. The molecule has 2 N–H and O–H groups in total. The lowest BCUT2D eigenvalue weighted by molar-refractivity contribution is 0.653. The highest BCUT2D eigenvalue weighted by molar-refractivity contribution is 7.13. The van der Waals surface area contributed by atoms with Gasteiger partial charge in [-0.05, 0) is 29.6 Å². The third-order valence-corrected chi connectivity index (χ3v) is 5.65. The summed E-state index contributed by atoms with van der Waals surface area (Å²) in [6, 6.07) is 16.2. The SMILES string of the molecule is Nc1cc(N2CCN(c3ccccc3Cl)CC2)cc(-c2cccs2)n1. The Morgan fingerprint density at radius 2 is 1.72 bits per heavy atom. The van der Waals surface area contributed by atoms with E-state index in [4.69, 9.17) is 17.3 Å². The van der Waals surface area contributed by atoms with Crippen LogP contribution < -0.4 is 15.5 Å².